The molecule has 1 aromatic heterocycles. The van der Waals surface area contributed by atoms with Crippen molar-refractivity contribution in [1.82, 2.24) is 19.9 Å². The molecule has 8 nitrogen and oxygen atoms in total. The summed E-state index contributed by atoms with van der Waals surface area (Å²) in [6.45, 7) is 5.26. The minimum atomic E-state index is -0.0978. The van der Waals surface area contributed by atoms with Gasteiger partial charge in [0.15, 0.2) is 6.61 Å². The molecule has 0 aliphatic carbocycles. The van der Waals surface area contributed by atoms with Gasteiger partial charge in [-0.05, 0) is 55.0 Å². The maximum absolute atomic E-state index is 13.0. The number of hydrogen-bond acceptors (Lipinski definition) is 7. The Hall–Kier alpha value is -2.65. The second-order valence-electron chi connectivity index (χ2n) is 8.20. The average Bonchev–Trinajstić information content (AvgIpc) is 3.35. The van der Waals surface area contributed by atoms with Gasteiger partial charge in [-0.1, -0.05) is 28.4 Å². The van der Waals surface area contributed by atoms with Crippen LogP contribution < -0.4 is 4.74 Å². The van der Waals surface area contributed by atoms with Gasteiger partial charge in [0.1, 0.15) is 5.75 Å². The van der Waals surface area contributed by atoms with Gasteiger partial charge in [-0.2, -0.15) is 4.98 Å². The van der Waals surface area contributed by atoms with Gasteiger partial charge in [-0.3, -0.25) is 9.69 Å². The molecule has 0 bridgehead atoms. The Kier molecular flexibility index (Phi) is 9.36. The van der Waals surface area contributed by atoms with Gasteiger partial charge >= 0.3 is 0 Å². The minimum absolute atomic E-state index is 0.0565. The zero-order valence-electron chi connectivity index (χ0n) is 19.4. The summed E-state index contributed by atoms with van der Waals surface area (Å²) in [5.74, 6) is 1.47. The number of nitrogens with zero attached hydrogens (tertiary/aromatic N) is 4. The van der Waals surface area contributed by atoms with E-state index >= 15 is 0 Å². The standard InChI is InChI=1S/C25H28Cl2N4O4/c26-20-4-2-19(3-5-20)25-28-23(35-29-25)10-13-31(12-1-11-30-14-16-33-17-15-30)24(32)18-34-22-8-6-21(27)7-9-22/h2-9H,1,10-18H2. The highest BCUT2D eigenvalue weighted by atomic mass is 35.5. The van der Waals surface area contributed by atoms with Crippen LogP contribution in [-0.2, 0) is 16.0 Å². The zero-order chi connectivity index (χ0) is 24.5. The molecule has 1 saturated heterocycles. The molecule has 0 unspecified atom stereocenters. The lowest BCUT2D eigenvalue weighted by atomic mass is 10.2. The zero-order valence-corrected chi connectivity index (χ0v) is 20.9. The minimum Gasteiger partial charge on any atom is -0.484 e. The molecular weight excluding hydrogens is 491 g/mol. The van der Waals surface area contributed by atoms with Gasteiger partial charge in [0.05, 0.1) is 13.2 Å². The second kappa shape index (κ2) is 12.9. The number of aromatic nitrogens is 2. The Morgan fingerprint density at radius 2 is 1.69 bits per heavy atom. The number of benzene rings is 2. The summed E-state index contributed by atoms with van der Waals surface area (Å²) in [6, 6.07) is 14.2. The molecule has 0 atom stereocenters. The van der Waals surface area contributed by atoms with E-state index in [1.165, 1.54) is 0 Å². The van der Waals surface area contributed by atoms with Crippen molar-refractivity contribution in [2.75, 3.05) is 52.5 Å². The molecule has 1 fully saturated rings. The second-order valence-corrected chi connectivity index (χ2v) is 9.07. The average molecular weight is 519 g/mol. The number of halogens is 2. The van der Waals surface area contributed by atoms with Crippen molar-refractivity contribution in [3.63, 3.8) is 0 Å². The molecule has 10 heteroatoms. The molecule has 0 spiro atoms. The maximum atomic E-state index is 13.0. The van der Waals surface area contributed by atoms with Gasteiger partial charge in [-0.25, -0.2) is 0 Å². The molecule has 4 rings (SSSR count). The summed E-state index contributed by atoms with van der Waals surface area (Å²) in [4.78, 5) is 21.6. The summed E-state index contributed by atoms with van der Waals surface area (Å²) >= 11 is 11.9. The largest absolute Gasteiger partial charge is 0.484 e. The fraction of sp³-hybridized carbons (Fsp3) is 0.400. The lowest BCUT2D eigenvalue weighted by Gasteiger charge is -2.28. The van der Waals surface area contributed by atoms with E-state index in [-0.39, 0.29) is 12.5 Å². The van der Waals surface area contributed by atoms with E-state index < -0.39 is 0 Å². The van der Waals surface area contributed by atoms with Crippen LogP contribution in [0.5, 0.6) is 5.75 Å². The van der Waals surface area contributed by atoms with Crippen LogP contribution in [-0.4, -0.2) is 78.4 Å². The van der Waals surface area contributed by atoms with Crippen molar-refractivity contribution in [2.24, 2.45) is 0 Å². The molecule has 1 amide bonds. The quantitative estimate of drug-likeness (QED) is 0.375. The van der Waals surface area contributed by atoms with Crippen LogP contribution in [0.4, 0.5) is 0 Å². The normalized spacial score (nSPS) is 14.1. The first kappa shape index (κ1) is 25.4. The Morgan fingerprint density at radius 3 is 2.40 bits per heavy atom. The molecular formula is C25H28Cl2N4O4. The van der Waals surface area contributed by atoms with Crippen molar-refractivity contribution in [3.8, 4) is 17.1 Å². The van der Waals surface area contributed by atoms with E-state index in [0.717, 1.165) is 44.8 Å². The molecule has 0 saturated carbocycles. The number of amides is 1. The molecule has 1 aliphatic heterocycles. The monoisotopic (exact) mass is 518 g/mol. The predicted molar refractivity (Wildman–Crippen MR) is 134 cm³/mol. The highest BCUT2D eigenvalue weighted by Gasteiger charge is 2.18. The number of carbonyl (C=O) groups excluding carboxylic acids is 1. The van der Waals surface area contributed by atoms with Gasteiger partial charge < -0.3 is 18.9 Å². The lowest BCUT2D eigenvalue weighted by molar-refractivity contribution is -0.133. The van der Waals surface area contributed by atoms with Crippen LogP contribution in [0.2, 0.25) is 10.0 Å². The van der Waals surface area contributed by atoms with Crippen molar-refractivity contribution in [3.05, 3.63) is 64.5 Å². The van der Waals surface area contributed by atoms with Crippen molar-refractivity contribution >= 4 is 29.1 Å². The van der Waals surface area contributed by atoms with E-state index in [9.17, 15) is 4.79 Å². The maximum Gasteiger partial charge on any atom is 0.260 e. The molecule has 1 aliphatic rings. The van der Waals surface area contributed by atoms with Crippen LogP contribution in [0, 0.1) is 0 Å². The Labute approximate surface area is 214 Å². The van der Waals surface area contributed by atoms with Crippen LogP contribution >= 0.6 is 23.2 Å². The summed E-state index contributed by atoms with van der Waals surface area (Å²) in [7, 11) is 0. The topological polar surface area (TPSA) is 80.9 Å². The first-order valence-corrected chi connectivity index (χ1v) is 12.4. The van der Waals surface area contributed by atoms with E-state index in [1.54, 1.807) is 41.3 Å². The fourth-order valence-corrected chi connectivity index (χ4v) is 3.99. The predicted octanol–water partition coefficient (Wildman–Crippen LogP) is 4.22. The molecule has 186 valence electrons. The van der Waals surface area contributed by atoms with Gasteiger partial charge in [0.2, 0.25) is 11.7 Å². The van der Waals surface area contributed by atoms with Crippen molar-refractivity contribution < 1.29 is 18.8 Å². The van der Waals surface area contributed by atoms with E-state index in [4.69, 9.17) is 37.2 Å². The number of rotatable bonds is 11. The van der Waals surface area contributed by atoms with Crippen molar-refractivity contribution in [2.45, 2.75) is 12.8 Å². The van der Waals surface area contributed by atoms with Crippen LogP contribution in [0.15, 0.2) is 53.1 Å². The molecule has 35 heavy (non-hydrogen) atoms. The third-order valence-corrected chi connectivity index (χ3v) is 6.20. The highest BCUT2D eigenvalue weighted by molar-refractivity contribution is 6.30. The van der Waals surface area contributed by atoms with Crippen LogP contribution in [0.1, 0.15) is 12.3 Å². The Bertz CT molecular complexity index is 1070. The third-order valence-electron chi connectivity index (χ3n) is 5.70. The van der Waals surface area contributed by atoms with E-state index in [0.29, 0.717) is 47.0 Å². The number of hydrogen-bond donors (Lipinski definition) is 0. The smallest absolute Gasteiger partial charge is 0.260 e. The molecule has 3 aromatic rings. The summed E-state index contributed by atoms with van der Waals surface area (Å²) in [6.07, 6.45) is 1.30. The molecule has 2 aromatic carbocycles. The number of morpholine rings is 1. The first-order valence-electron chi connectivity index (χ1n) is 11.6. The number of ether oxygens (including phenoxy) is 2. The SMILES string of the molecule is O=C(COc1ccc(Cl)cc1)N(CCCN1CCOCC1)CCc1nc(-c2ccc(Cl)cc2)no1. The lowest BCUT2D eigenvalue weighted by Crippen LogP contribution is -2.40. The Balaban J connectivity index is 1.33. The van der Waals surface area contributed by atoms with Crippen LogP contribution in [0.3, 0.4) is 0 Å². The molecule has 2 heterocycles. The summed E-state index contributed by atoms with van der Waals surface area (Å²) in [5.41, 5.74) is 0.819. The summed E-state index contributed by atoms with van der Waals surface area (Å²) in [5, 5.41) is 5.32. The van der Waals surface area contributed by atoms with Crippen LogP contribution in [0.25, 0.3) is 11.4 Å². The van der Waals surface area contributed by atoms with E-state index in [2.05, 4.69) is 15.0 Å². The molecule has 0 radical (unpaired) electrons. The first-order chi connectivity index (χ1) is 17.1. The highest BCUT2D eigenvalue weighted by Crippen LogP contribution is 2.19. The van der Waals surface area contributed by atoms with Crippen molar-refractivity contribution in [1.29, 1.82) is 0 Å². The number of carbonyl (C=O) groups is 1. The molecule has 0 N–H and O–H groups in total. The summed E-state index contributed by atoms with van der Waals surface area (Å²) < 4.78 is 16.5. The van der Waals surface area contributed by atoms with Gasteiger partial charge in [0.25, 0.3) is 5.91 Å². The third kappa shape index (κ3) is 7.93. The Morgan fingerprint density at radius 1 is 1.00 bits per heavy atom. The van der Waals surface area contributed by atoms with Gasteiger partial charge in [0, 0.05) is 54.8 Å². The van der Waals surface area contributed by atoms with Gasteiger partial charge in [-0.15, -0.1) is 0 Å². The van der Waals surface area contributed by atoms with E-state index in [1.807, 2.05) is 12.1 Å². The fourth-order valence-electron chi connectivity index (χ4n) is 3.74.